The number of carbonyl (C=O) groups is 2. The molecule has 1 aromatic rings. The van der Waals surface area contributed by atoms with Crippen LogP contribution in [0.4, 0.5) is 4.79 Å². The van der Waals surface area contributed by atoms with Crippen LogP contribution in [0.15, 0.2) is 11.6 Å². The Morgan fingerprint density at radius 1 is 1.56 bits per heavy atom. The number of Topliss-reactive ketones (excluding diaryl/α,β-unsaturated/α-hetero) is 1. The summed E-state index contributed by atoms with van der Waals surface area (Å²) < 4.78 is 0. The monoisotopic (exact) mass is 237 g/mol. The van der Waals surface area contributed by atoms with Gasteiger partial charge >= 0.3 is 6.03 Å². The van der Waals surface area contributed by atoms with Gasteiger partial charge in [0.05, 0.1) is 6.04 Å². The summed E-state index contributed by atoms with van der Waals surface area (Å²) in [5.74, 6) is -0.0227. The van der Waals surface area contributed by atoms with Gasteiger partial charge < -0.3 is 10.2 Å². The lowest BCUT2D eigenvalue weighted by atomic mass is 9.98. The first kappa shape index (κ1) is 9.77. The Kier molecular flexibility index (Phi) is 2.17. The number of carbonyl (C=O) groups excluding carboxylic acids is 2. The number of hydrogen-bond donors (Lipinski definition) is 1. The highest BCUT2D eigenvalue weighted by molar-refractivity contribution is 7.11. The normalized spacial score (nSPS) is 28.0. The molecular weight excluding hydrogens is 226 g/mol. The number of thiazole rings is 1. The zero-order valence-electron chi connectivity index (χ0n) is 8.55. The van der Waals surface area contributed by atoms with E-state index in [1.807, 2.05) is 0 Å². The summed E-state index contributed by atoms with van der Waals surface area (Å²) in [5, 5.41) is 5.15. The van der Waals surface area contributed by atoms with E-state index in [0.29, 0.717) is 11.6 Å². The Labute approximate surface area is 96.5 Å². The predicted molar refractivity (Wildman–Crippen MR) is 58.5 cm³/mol. The molecule has 2 amide bonds. The van der Waals surface area contributed by atoms with Gasteiger partial charge in [0, 0.05) is 24.2 Å². The Bertz CT molecular complexity index is 431. The van der Waals surface area contributed by atoms with Gasteiger partial charge in [0.25, 0.3) is 0 Å². The third-order valence-corrected chi connectivity index (χ3v) is 3.90. The molecule has 2 saturated heterocycles. The SMILES string of the molecule is O=C(c1nccs1)[C@@H]1CCC2CN1C(=O)N2. The highest BCUT2D eigenvalue weighted by Gasteiger charge is 2.42. The number of amides is 2. The molecule has 6 heteroatoms. The standard InChI is InChI=1S/C10H11N3O2S/c14-8(9-11-3-4-16-9)7-2-1-6-5-13(7)10(15)12-6/h3-4,6-7H,1-2,5H2,(H,12,15)/t6?,7-/m0/s1. The molecule has 1 unspecified atom stereocenters. The largest absolute Gasteiger partial charge is 0.333 e. The van der Waals surface area contributed by atoms with Gasteiger partial charge in [-0.25, -0.2) is 9.78 Å². The lowest BCUT2D eigenvalue weighted by Gasteiger charge is -2.28. The minimum absolute atomic E-state index is 0.0227. The van der Waals surface area contributed by atoms with Crippen molar-refractivity contribution < 1.29 is 9.59 Å². The molecule has 0 radical (unpaired) electrons. The van der Waals surface area contributed by atoms with Crippen LogP contribution in [0.1, 0.15) is 22.6 Å². The number of ketones is 1. The van der Waals surface area contributed by atoms with E-state index in [1.165, 1.54) is 11.3 Å². The molecule has 0 spiro atoms. The van der Waals surface area contributed by atoms with Crippen molar-refractivity contribution in [3.05, 3.63) is 16.6 Å². The molecule has 2 fully saturated rings. The minimum atomic E-state index is -0.315. The van der Waals surface area contributed by atoms with Crippen LogP contribution in [0.3, 0.4) is 0 Å². The van der Waals surface area contributed by atoms with Gasteiger partial charge in [-0.05, 0) is 12.8 Å². The van der Waals surface area contributed by atoms with Crippen LogP contribution in [-0.2, 0) is 0 Å². The molecule has 0 saturated carbocycles. The van der Waals surface area contributed by atoms with Crippen molar-refractivity contribution >= 4 is 23.2 Å². The summed E-state index contributed by atoms with van der Waals surface area (Å²) in [6, 6.07) is -0.199. The third kappa shape index (κ3) is 1.41. The van der Waals surface area contributed by atoms with E-state index in [1.54, 1.807) is 16.5 Å². The molecule has 16 heavy (non-hydrogen) atoms. The lowest BCUT2D eigenvalue weighted by molar-refractivity contribution is 0.0835. The van der Waals surface area contributed by atoms with Crippen molar-refractivity contribution in [2.75, 3.05) is 6.54 Å². The molecule has 3 rings (SSSR count). The molecular formula is C10H11N3O2S. The quantitative estimate of drug-likeness (QED) is 0.777. The Hall–Kier alpha value is -1.43. The first-order valence-electron chi connectivity index (χ1n) is 5.26. The number of urea groups is 1. The molecule has 1 aromatic heterocycles. The van der Waals surface area contributed by atoms with E-state index in [0.717, 1.165) is 12.8 Å². The summed E-state index contributed by atoms with van der Waals surface area (Å²) in [5.41, 5.74) is 0. The Morgan fingerprint density at radius 3 is 3.19 bits per heavy atom. The molecule has 0 aromatic carbocycles. The van der Waals surface area contributed by atoms with Gasteiger partial charge in [-0.1, -0.05) is 0 Å². The molecule has 2 bridgehead atoms. The van der Waals surface area contributed by atoms with Crippen LogP contribution in [-0.4, -0.2) is 40.3 Å². The zero-order valence-corrected chi connectivity index (χ0v) is 9.37. The first-order chi connectivity index (χ1) is 7.75. The van der Waals surface area contributed by atoms with Crippen molar-refractivity contribution in [1.29, 1.82) is 0 Å². The van der Waals surface area contributed by atoms with Crippen LogP contribution in [0, 0.1) is 0 Å². The first-order valence-corrected chi connectivity index (χ1v) is 6.14. The van der Waals surface area contributed by atoms with Gasteiger partial charge in [0.15, 0.2) is 5.01 Å². The van der Waals surface area contributed by atoms with Crippen LogP contribution in [0.2, 0.25) is 0 Å². The smallest absolute Gasteiger partial charge is 0.318 e. The number of hydrogen-bond acceptors (Lipinski definition) is 4. The Balaban J connectivity index is 1.85. The van der Waals surface area contributed by atoms with E-state index in [2.05, 4.69) is 10.3 Å². The van der Waals surface area contributed by atoms with Gasteiger partial charge in [0.1, 0.15) is 0 Å². The summed E-state index contributed by atoms with van der Waals surface area (Å²) in [4.78, 5) is 29.4. The van der Waals surface area contributed by atoms with E-state index < -0.39 is 0 Å². The maximum absolute atomic E-state index is 12.1. The van der Waals surface area contributed by atoms with Crippen LogP contribution < -0.4 is 5.32 Å². The van der Waals surface area contributed by atoms with Crippen LogP contribution >= 0.6 is 11.3 Å². The fourth-order valence-electron chi connectivity index (χ4n) is 2.33. The second-order valence-corrected chi connectivity index (χ2v) is 4.99. The molecule has 1 N–H and O–H groups in total. The number of fused-ring (bicyclic) bond motifs is 2. The maximum atomic E-state index is 12.1. The Morgan fingerprint density at radius 2 is 2.44 bits per heavy atom. The fourth-order valence-corrected chi connectivity index (χ4v) is 2.96. The molecule has 0 aliphatic carbocycles. The second kappa shape index (κ2) is 3.55. The molecule has 2 aliphatic rings. The number of rotatable bonds is 2. The van der Waals surface area contributed by atoms with Gasteiger partial charge in [-0.15, -0.1) is 11.3 Å². The van der Waals surface area contributed by atoms with Crippen molar-refractivity contribution in [2.45, 2.75) is 24.9 Å². The van der Waals surface area contributed by atoms with E-state index in [9.17, 15) is 9.59 Å². The van der Waals surface area contributed by atoms with E-state index in [-0.39, 0.29) is 23.9 Å². The van der Waals surface area contributed by atoms with E-state index >= 15 is 0 Å². The topological polar surface area (TPSA) is 62.3 Å². The number of aromatic nitrogens is 1. The maximum Gasteiger partial charge on any atom is 0.318 e. The summed E-state index contributed by atoms with van der Waals surface area (Å²) in [7, 11) is 0. The zero-order chi connectivity index (χ0) is 11.1. The number of piperidine rings is 1. The summed E-state index contributed by atoms with van der Waals surface area (Å²) in [6.45, 7) is 0.653. The van der Waals surface area contributed by atoms with Crippen molar-refractivity contribution in [3.63, 3.8) is 0 Å². The molecule has 2 aliphatic heterocycles. The fraction of sp³-hybridized carbons (Fsp3) is 0.500. The third-order valence-electron chi connectivity index (χ3n) is 3.12. The molecule has 2 atom stereocenters. The average molecular weight is 237 g/mol. The number of nitrogens with one attached hydrogen (secondary N) is 1. The van der Waals surface area contributed by atoms with Crippen molar-refractivity contribution in [2.24, 2.45) is 0 Å². The average Bonchev–Trinajstić information content (AvgIpc) is 2.88. The highest BCUT2D eigenvalue weighted by atomic mass is 32.1. The highest BCUT2D eigenvalue weighted by Crippen LogP contribution is 2.25. The van der Waals surface area contributed by atoms with E-state index in [4.69, 9.17) is 0 Å². The predicted octanol–water partition coefficient (Wildman–Crippen LogP) is 0.882. The summed E-state index contributed by atoms with van der Waals surface area (Å²) >= 11 is 1.33. The lowest BCUT2D eigenvalue weighted by Crippen LogP contribution is -2.45. The van der Waals surface area contributed by atoms with Gasteiger partial charge in [-0.3, -0.25) is 4.79 Å². The van der Waals surface area contributed by atoms with Crippen LogP contribution in [0.5, 0.6) is 0 Å². The molecule has 3 heterocycles. The van der Waals surface area contributed by atoms with Gasteiger partial charge in [0.2, 0.25) is 5.78 Å². The molecule has 84 valence electrons. The van der Waals surface area contributed by atoms with Crippen LogP contribution in [0.25, 0.3) is 0 Å². The number of nitrogens with zero attached hydrogens (tertiary/aromatic N) is 2. The second-order valence-electron chi connectivity index (χ2n) is 4.09. The van der Waals surface area contributed by atoms with Crippen molar-refractivity contribution in [1.82, 2.24) is 15.2 Å². The van der Waals surface area contributed by atoms with Gasteiger partial charge in [-0.2, -0.15) is 0 Å². The van der Waals surface area contributed by atoms with Crippen molar-refractivity contribution in [3.8, 4) is 0 Å². The molecule has 5 nitrogen and oxygen atoms in total. The minimum Gasteiger partial charge on any atom is -0.333 e. The summed E-state index contributed by atoms with van der Waals surface area (Å²) in [6.07, 6.45) is 3.24.